The summed E-state index contributed by atoms with van der Waals surface area (Å²) in [5.41, 5.74) is -0.560. The predicted molar refractivity (Wildman–Crippen MR) is 621 cm³/mol. The Hall–Kier alpha value is -8.82. The van der Waals surface area contributed by atoms with Crippen molar-refractivity contribution in [1.82, 2.24) is 27.4 Å². The molecule has 132 heavy (non-hydrogen) atoms. The Morgan fingerprint density at radius 2 is 0.409 bits per heavy atom. The van der Waals surface area contributed by atoms with Gasteiger partial charge in [-0.2, -0.15) is 0 Å². The number of benzene rings is 12. The van der Waals surface area contributed by atoms with Gasteiger partial charge in [0.15, 0.2) is 0 Å². The lowest BCUT2D eigenvalue weighted by atomic mass is 9.85. The molecule has 6 heterocycles. The summed E-state index contributed by atoms with van der Waals surface area (Å²) in [4.78, 5) is 0. The largest absolute Gasteiger partial charge is 0.344 e. The summed E-state index contributed by atoms with van der Waals surface area (Å²) < 4.78 is 400. The zero-order valence-corrected chi connectivity index (χ0v) is 91.4. The monoisotopic (exact) mass is 1930 g/mol. The van der Waals surface area contributed by atoms with Crippen LogP contribution >= 0.6 is 0 Å². The first kappa shape index (κ1) is 55.4. The van der Waals surface area contributed by atoms with Crippen LogP contribution in [0.15, 0.2) is 218 Å². The van der Waals surface area contributed by atoms with Gasteiger partial charge in [0, 0.05) is 210 Å². The van der Waals surface area contributed by atoms with E-state index in [1.807, 2.05) is 66.7 Å². The van der Waals surface area contributed by atoms with Gasteiger partial charge in [0.25, 0.3) is 0 Å². The minimum Gasteiger partial charge on any atom is -0.344 e. The number of fused-ring (bicyclic) bond motifs is 18. The molecule has 12 aromatic carbocycles. The molecule has 6 aromatic heterocycles. The Morgan fingerprint density at radius 3 is 0.735 bits per heavy atom. The summed E-state index contributed by atoms with van der Waals surface area (Å²) in [5, 5.41) is 12.5. The third-order valence-electron chi connectivity index (χ3n) is 24.7. The molecule has 0 saturated heterocycles. The van der Waals surface area contributed by atoms with Crippen molar-refractivity contribution in [3.63, 3.8) is 0 Å². The normalized spacial score (nSPS) is 19.2. The zero-order chi connectivity index (χ0) is 138. The first-order valence-corrected chi connectivity index (χ1v) is 71.4. The van der Waals surface area contributed by atoms with E-state index in [9.17, 15) is 0 Å². The highest BCUT2D eigenvalue weighted by molar-refractivity contribution is 6.92. The fourth-order valence-corrected chi connectivity index (χ4v) is 23.9. The maximum absolute atomic E-state index is 8.94. The van der Waals surface area contributed by atoms with E-state index in [0.29, 0.717) is 106 Å². The minimum atomic E-state index is -4.21. The number of aryl methyl sites for hydroxylation is 6. The Labute approximate surface area is 868 Å². The molecule has 0 spiro atoms. The molecule has 0 aliphatic heterocycles. The molecule has 0 aliphatic rings. The molecule has 0 saturated carbocycles. The minimum absolute atomic E-state index is 0.00248. The van der Waals surface area contributed by atoms with Gasteiger partial charge in [-0.25, -0.2) is 0 Å². The van der Waals surface area contributed by atoms with Crippen molar-refractivity contribution in [2.45, 2.75) is 261 Å². The molecule has 0 fully saturated rings. The van der Waals surface area contributed by atoms with E-state index >= 15 is 0 Å². The summed E-state index contributed by atoms with van der Waals surface area (Å²) >= 11 is 0. The molecule has 18 rings (SSSR count). The van der Waals surface area contributed by atoms with Crippen molar-refractivity contribution in [2.24, 2.45) is 42.3 Å². The second-order valence-corrected chi connectivity index (χ2v) is 80.8. The molecular formula is C118H162N6Si8. The van der Waals surface area contributed by atoms with Crippen LogP contribution in [0.25, 0.3) is 131 Å². The standard InChI is InChI=1S/2C21H27N.4C19H27NSi2/c2*1-20(2,3)14-8-10-18-16(12-14)17-13-15(21(4,5)6)9-11-19(17)22(18)7;4*1-20-18-10-8-14(21(2,3)4)12-16(18)17-13-15(22(5,6)7)9-11-19(17)20/h6*8-13H,1-7H3/i1D3,2D3,4D3,8D,9D,10D,11D,12D,13D;1D3,2D3,4D3;8D,9D,10D,11D,12D,13D;2D3,3D3,5D3,12D,13D;8D,9D,12D,13D;8D,9D. The number of aromatic nitrogens is 6. The van der Waals surface area contributed by atoms with Gasteiger partial charge in [-0.15, -0.1) is 0 Å². The van der Waals surface area contributed by atoms with Gasteiger partial charge in [0.2, 0.25) is 0 Å². The van der Waals surface area contributed by atoms with Crippen LogP contribution in [0.3, 0.4) is 0 Å². The summed E-state index contributed by atoms with van der Waals surface area (Å²) in [6.45, 7) is 27.1. The summed E-state index contributed by atoms with van der Waals surface area (Å²) in [6.07, 6.45) is 0. The predicted octanol–water partition coefficient (Wildman–Crippen LogP) is 29.5. The van der Waals surface area contributed by atoms with Gasteiger partial charge in [-0.3, -0.25) is 0 Å². The second-order valence-electron chi connectivity index (χ2n) is 44.1. The third-order valence-corrected chi connectivity index (χ3v) is 38.5. The van der Waals surface area contributed by atoms with Crippen molar-refractivity contribution in [3.05, 3.63) is 240 Å². The van der Waals surface area contributed by atoms with E-state index in [2.05, 4.69) is 135 Å². The van der Waals surface area contributed by atoms with E-state index in [1.165, 1.54) is 66.1 Å². The Kier molecular flexibility index (Phi) is 14.8. The van der Waals surface area contributed by atoms with Crippen LogP contribution in [0.2, 0.25) is 157 Å². The lowest BCUT2D eigenvalue weighted by Crippen LogP contribution is -2.37. The SMILES string of the molecule is [2H]C([2H])([2H])C(C)(C)c1ccc2c(c1)c1cc(C(C)(C([2H])([2H])[2H])C([2H])([2H])[2H])ccc1n2C.[2H]c1c(C(C)(C)C([2H])([2H])[2H])c([2H])c2c3c([2H])c(C(C)(C([2H])([2H])[2H])C([2H])([2H])[2H])c([2H])c([2H])c3n(C)c2c1[2H].[2H]c1c([Si](C)(C)C([2H])([2H])[2H])ccc2c1c1c([2H])c([Si](C)(C([2H])([2H])[2H])C([2H])([2H])[2H])ccc1n2C.[2H]c1c([Si](C)(C)C)c([2H])c2c3c([2H])c([Si](C)(C)C)c([2H])c([2H])c3n(C)c2c1[2H].[2H]c1cc2c(c([2H])c1[Si](C)(C)C)c1c([2H])c([Si](C)(C)C)c([2H])cc1n2C.[2H]c1cc2c(cc1[Si](C)(C)C)c1cc([Si](C)(C)C)c([2H])cc1n2C. The average molecular weight is 1940 g/mol. The molecule has 0 atom stereocenters. The van der Waals surface area contributed by atoms with E-state index < -0.39 is 189 Å². The quantitative estimate of drug-likeness (QED) is 0.136. The Morgan fingerprint density at radius 1 is 0.189 bits per heavy atom. The van der Waals surface area contributed by atoms with E-state index in [-0.39, 0.29) is 86.5 Å². The van der Waals surface area contributed by atoms with Crippen LogP contribution in [0, 0.1) is 0 Å². The van der Waals surface area contributed by atoms with E-state index in [0.717, 1.165) is 66.6 Å². The smallest absolute Gasteiger partial charge is 0.0776 e. The van der Waals surface area contributed by atoms with E-state index in [1.54, 1.807) is 92.6 Å². The molecular weight excluding hydrogens is 1730 g/mol. The zero-order valence-electron chi connectivity index (χ0n) is 130. The van der Waals surface area contributed by atoms with Crippen LogP contribution < -0.4 is 41.5 Å². The molecule has 0 N–H and O–H groups in total. The van der Waals surface area contributed by atoms with Crippen LogP contribution in [0.1, 0.15) is 169 Å². The fourth-order valence-electron chi connectivity index (χ4n) is 16.2. The van der Waals surface area contributed by atoms with Crippen molar-refractivity contribution in [2.75, 3.05) is 0 Å². The van der Waals surface area contributed by atoms with Crippen LogP contribution in [0.4, 0.5) is 0 Å². The second kappa shape index (κ2) is 35.4. The number of hydrogen-bond acceptors (Lipinski definition) is 0. The third kappa shape index (κ3) is 20.6. The highest BCUT2D eigenvalue weighted by atomic mass is 28.3. The molecule has 0 unspecified atom stereocenters. The summed E-state index contributed by atoms with van der Waals surface area (Å²) in [6, 6.07) is 28.9. The van der Waals surface area contributed by atoms with Gasteiger partial charge < -0.3 is 27.4 Å². The number of nitrogens with zero attached hydrogens (tertiary/aromatic N) is 6. The maximum atomic E-state index is 8.94. The van der Waals surface area contributed by atoms with Gasteiger partial charge >= 0.3 is 0 Å². The topological polar surface area (TPSA) is 29.6 Å². The number of hydrogen-bond donors (Lipinski definition) is 0. The van der Waals surface area contributed by atoms with Gasteiger partial charge in [0.1, 0.15) is 0 Å². The van der Waals surface area contributed by atoms with Crippen molar-refractivity contribution >= 4 is 237 Å². The molecule has 0 amide bonds. The molecule has 6 nitrogen and oxygen atoms in total. The molecule has 18 aromatic rings. The van der Waals surface area contributed by atoms with E-state index in [4.69, 9.17) is 64.4 Å². The lowest BCUT2D eigenvalue weighted by molar-refractivity contribution is 0.590. The highest BCUT2D eigenvalue weighted by Gasteiger charge is 2.30. The summed E-state index contributed by atoms with van der Waals surface area (Å²) in [5.74, 6) is 0. The molecule has 0 bridgehead atoms. The van der Waals surface area contributed by atoms with Crippen molar-refractivity contribution < 1.29 is 64.4 Å². The highest BCUT2D eigenvalue weighted by Crippen LogP contribution is 2.40. The first-order chi connectivity index (χ1) is 80.2. The van der Waals surface area contributed by atoms with Crippen molar-refractivity contribution in [1.29, 1.82) is 0 Å². The van der Waals surface area contributed by atoms with Crippen molar-refractivity contribution in [3.8, 4) is 0 Å². The Bertz CT molecular complexity index is 9590. The van der Waals surface area contributed by atoms with Gasteiger partial charge in [-0.1, -0.05) is 402 Å². The summed E-state index contributed by atoms with van der Waals surface area (Å²) in [7, 11) is -7.64. The average Bonchev–Trinajstić information content (AvgIpc) is 1.54. The van der Waals surface area contributed by atoms with Crippen LogP contribution in [0.5, 0.6) is 0 Å². The number of rotatable bonds is 8. The Balaban J connectivity index is 0.000000176. The molecule has 14 heteroatoms. The van der Waals surface area contributed by atoms with Crippen LogP contribution in [-0.2, 0) is 63.9 Å². The van der Waals surface area contributed by atoms with Gasteiger partial charge in [-0.05, 0) is 141 Å². The molecule has 696 valence electrons. The van der Waals surface area contributed by atoms with Crippen LogP contribution in [-0.4, -0.2) is 92.0 Å². The maximum Gasteiger partial charge on any atom is 0.0776 e. The lowest BCUT2D eigenvalue weighted by Gasteiger charge is -2.19. The molecule has 0 aliphatic carbocycles. The molecule has 0 radical (unpaired) electrons. The van der Waals surface area contributed by atoms with Gasteiger partial charge in [0.05, 0.1) is 92.0 Å². The fraction of sp³-hybridized carbons (Fsp3) is 0.390. The first-order valence-electron chi connectivity index (χ1n) is 68.4.